The van der Waals surface area contributed by atoms with Crippen LogP contribution in [0.5, 0.6) is 0 Å². The molecule has 0 saturated carbocycles. The van der Waals surface area contributed by atoms with Crippen molar-refractivity contribution in [3.63, 3.8) is 0 Å². The van der Waals surface area contributed by atoms with E-state index in [9.17, 15) is 58.6 Å². The van der Waals surface area contributed by atoms with Crippen molar-refractivity contribution >= 4 is 88.3 Å². The first-order valence-corrected chi connectivity index (χ1v) is 43.2. The van der Waals surface area contributed by atoms with Gasteiger partial charge in [0.2, 0.25) is 43.5 Å². The number of fused-ring (bicyclic) bond motifs is 8. The van der Waals surface area contributed by atoms with Crippen LogP contribution in [0.2, 0.25) is 0 Å². The molecule has 0 unspecified atom stereocenters. The van der Waals surface area contributed by atoms with Gasteiger partial charge in [0.25, 0.3) is 11.8 Å². The molecule has 29 heteroatoms. The average Bonchev–Trinajstić information content (AvgIpc) is 1.57. The summed E-state index contributed by atoms with van der Waals surface area (Å²) < 4.78 is 100. The number of hydrogen-bond acceptors (Lipinski definition) is 14. The van der Waals surface area contributed by atoms with Gasteiger partial charge in [-0.2, -0.15) is 4.58 Å². The van der Waals surface area contributed by atoms with E-state index < -0.39 is 58.6 Å². The van der Waals surface area contributed by atoms with Crippen LogP contribution in [0.1, 0.15) is 107 Å². The molecule has 8 aliphatic rings. The highest BCUT2D eigenvalue weighted by atomic mass is 32.2. The first-order valence-electron chi connectivity index (χ1n) is 38.8. The minimum absolute atomic E-state index is 0.0113. The van der Waals surface area contributed by atoms with Crippen LogP contribution in [-0.4, -0.2) is 266 Å². The fraction of sp³-hybridized carbons (Fsp3) is 0.519. The number of sulfonamides is 2. The zero-order chi connectivity index (χ0) is 79.5. The predicted octanol–water partition coefficient (Wildman–Crippen LogP) is 5.01. The zero-order valence-corrected chi connectivity index (χ0v) is 67.7. The molecule has 0 aliphatic carbocycles. The number of ketones is 1. The van der Waals surface area contributed by atoms with Gasteiger partial charge in [-0.1, -0.05) is 94.0 Å². The molecule has 0 spiro atoms. The van der Waals surface area contributed by atoms with Crippen LogP contribution in [-0.2, 0) is 89.0 Å². The molecule has 8 heterocycles. The van der Waals surface area contributed by atoms with Gasteiger partial charge in [0.1, 0.15) is 85.1 Å². The number of piperazine rings is 6. The molecule has 5 amide bonds. The minimum Gasteiger partial charge on any atom is -0.748 e. The van der Waals surface area contributed by atoms with E-state index in [0.29, 0.717) is 36.6 Å². The lowest BCUT2D eigenvalue weighted by molar-refractivity contribution is -1.08. The highest BCUT2D eigenvalue weighted by Gasteiger charge is 2.51. The lowest BCUT2D eigenvalue weighted by atomic mass is 9.81. The fourth-order valence-electron chi connectivity index (χ4n) is 16.9. The average molecular weight is 1580 g/mol. The van der Waals surface area contributed by atoms with E-state index in [1.54, 1.807) is 24.3 Å². The number of nitrogens with zero attached hydrogens (tertiary/aromatic N) is 8. The Labute approximate surface area is 650 Å². The summed E-state index contributed by atoms with van der Waals surface area (Å²) in [6, 6.07) is 25.8. The van der Waals surface area contributed by atoms with Gasteiger partial charge in [0.05, 0.1) is 51.5 Å². The van der Waals surface area contributed by atoms with Crippen molar-refractivity contribution in [2.45, 2.75) is 119 Å². The van der Waals surface area contributed by atoms with Gasteiger partial charge in [-0.25, -0.2) is 33.9 Å². The fourth-order valence-corrected chi connectivity index (χ4v) is 19.8. The number of nitrogens with one attached hydrogen (secondary N) is 3. The molecule has 4 aromatic carbocycles. The van der Waals surface area contributed by atoms with E-state index in [0.717, 1.165) is 169 Å². The molecule has 26 nitrogen and oxygen atoms in total. The van der Waals surface area contributed by atoms with Crippen molar-refractivity contribution < 1.29 is 81.1 Å². The number of nitrogens with two attached hydrogens (primary N) is 2. The molecule has 0 radical (unpaired) electrons. The molecule has 6 saturated heterocycles. The summed E-state index contributed by atoms with van der Waals surface area (Å²) in [4.78, 5) is 77.4. The molecule has 596 valence electrons. The van der Waals surface area contributed by atoms with Crippen molar-refractivity contribution in [1.29, 1.82) is 0 Å². The number of Topliss-reactive ketones (excluding diaryl/α,β-unsaturated/α-hetero) is 1. The number of carbonyl (C=O) groups excluding carboxylic acids is 6. The van der Waals surface area contributed by atoms with Crippen molar-refractivity contribution in [3.05, 3.63) is 161 Å². The predicted molar refractivity (Wildman–Crippen MR) is 425 cm³/mol. The largest absolute Gasteiger partial charge is 0.748 e. The normalized spacial score (nSPS) is 22.4. The number of carbonyl (C=O) groups is 6. The van der Waals surface area contributed by atoms with Crippen LogP contribution in [0.4, 0.5) is 17.1 Å². The topological polar surface area (TPSA) is 329 Å². The van der Waals surface area contributed by atoms with Crippen LogP contribution in [0.25, 0.3) is 0 Å². The van der Waals surface area contributed by atoms with Crippen LogP contribution in [0.15, 0.2) is 143 Å². The van der Waals surface area contributed by atoms with Crippen LogP contribution in [0.3, 0.4) is 0 Å². The Morgan fingerprint density at radius 3 is 1.55 bits per heavy atom. The number of rotatable bonds is 40. The molecule has 0 aromatic heterocycles. The SMILES string of the molecule is CCCCN1C(=CC=CC=CC=CC2=[N+](CCCS(=O)(=O)[O-])c3ccc(S(=O)(=O)N(C)CCCC(=O)NCC(=O)Nc4ccc(CC[N+]56CC[N+](CC(N)=O)(CC5)CC6)cc4)cc3C2(C)C)C(C)(C)c2cc(S(=O)(=O)N(C)CCCC(=O)NCC(=O)Cc3ccc(CC[N+]45CC[N+](CC(N)=O)(CC4)CC5)cc3)ccc21. The summed E-state index contributed by atoms with van der Waals surface area (Å²) in [5.74, 6) is -2.33. The third kappa shape index (κ3) is 20.8. The van der Waals surface area contributed by atoms with Crippen LogP contribution >= 0.6 is 0 Å². The maximum absolute atomic E-state index is 14.2. The van der Waals surface area contributed by atoms with Gasteiger partial charge in [-0.3, -0.25) is 28.8 Å². The summed E-state index contributed by atoms with van der Waals surface area (Å²) in [5.41, 5.74) is 18.4. The summed E-state index contributed by atoms with van der Waals surface area (Å²) in [5, 5.41) is 8.18. The first-order chi connectivity index (χ1) is 52.0. The standard InChI is InChI=1S/C81H111N13O13S3/c1-8-9-38-89-71-32-30-67(109(104,105)87(6)36-15-20-77(98)84-58-66(95)55-64-24-22-62(23-25-64)34-40-91-42-48-93(49-43-91,50-44-91)60-75(82)96)56-69(71)80(2,3)73(89)18-13-11-10-12-14-19-74-81(4,5)70-57-68(31-33-72(70)90(74)39-17-54-108(101,102)103)110(106,107)88(7)37-16-21-78(99)85-59-79(100)86-65-28-26-63(27-29-65)35-41-92-45-51-94(52-46-92,53-47-92)61-76(83)97/h10-14,18-19,22-33,56-57H,8-9,15-17,20-21,34-55,58-61H2,1-7H3,(H3-5,82,83,84,85,86,96,97,98,99,100,101,102,103)/p+4. The Morgan fingerprint density at radius 1 is 0.564 bits per heavy atom. The van der Waals surface area contributed by atoms with E-state index in [-0.39, 0.29) is 105 Å². The molecule has 4 bridgehead atoms. The van der Waals surface area contributed by atoms with Gasteiger partial charge in [-0.05, 0) is 104 Å². The number of primary amides is 2. The number of amides is 5. The van der Waals surface area contributed by atoms with E-state index >= 15 is 0 Å². The van der Waals surface area contributed by atoms with Gasteiger partial charge in [0, 0.05) is 118 Å². The molecule has 8 aliphatic heterocycles. The molecular weight excluding hydrogens is 1460 g/mol. The highest BCUT2D eigenvalue weighted by molar-refractivity contribution is 7.89. The first kappa shape index (κ1) is 84.4. The van der Waals surface area contributed by atoms with E-state index in [1.807, 2.05) is 103 Å². The second kappa shape index (κ2) is 35.3. The second-order valence-electron chi connectivity index (χ2n) is 32.4. The van der Waals surface area contributed by atoms with Gasteiger partial charge < -0.3 is 54.8 Å². The Bertz CT molecular complexity index is 4560. The lowest BCUT2D eigenvalue weighted by Gasteiger charge is -2.55. The Balaban J connectivity index is 0.679. The molecular formula is C81H115N13O13S3+4. The molecule has 7 N–H and O–H groups in total. The monoisotopic (exact) mass is 1570 g/mol. The molecule has 12 rings (SSSR count). The van der Waals surface area contributed by atoms with Crippen molar-refractivity contribution in [3.8, 4) is 0 Å². The Morgan fingerprint density at radius 2 is 1.04 bits per heavy atom. The number of quaternary nitrogens is 4. The number of benzene rings is 4. The molecule has 4 aromatic rings. The maximum Gasteiger partial charge on any atom is 0.272 e. The molecule has 6 fully saturated rings. The number of allylic oxidation sites excluding steroid dienone is 8. The van der Waals surface area contributed by atoms with Crippen LogP contribution in [0, 0.1) is 0 Å². The summed E-state index contributed by atoms with van der Waals surface area (Å²) in [6.07, 6.45) is 17.5. The third-order valence-corrected chi connectivity index (χ3v) is 28.5. The lowest BCUT2D eigenvalue weighted by Crippen LogP contribution is -2.76. The second-order valence-corrected chi connectivity index (χ2v) is 38.0. The number of unbranched alkanes of at least 4 members (excludes halogenated alkanes) is 1. The quantitative estimate of drug-likeness (QED) is 0.0169. The summed E-state index contributed by atoms with van der Waals surface area (Å²) in [7, 11) is -9.64. The third-order valence-electron chi connectivity index (χ3n) is 24.0. The van der Waals surface area contributed by atoms with E-state index in [1.165, 1.54) is 34.3 Å². The minimum atomic E-state index is -4.53. The van der Waals surface area contributed by atoms with Crippen LogP contribution < -0.4 is 32.3 Å². The maximum atomic E-state index is 14.2. The van der Waals surface area contributed by atoms with Gasteiger partial charge >= 0.3 is 0 Å². The zero-order valence-electron chi connectivity index (χ0n) is 65.2. The molecule has 0 atom stereocenters. The van der Waals surface area contributed by atoms with E-state index in [4.69, 9.17) is 11.5 Å². The van der Waals surface area contributed by atoms with Crippen molar-refractivity contribution in [2.75, 3.05) is 174 Å². The Kier molecular flexibility index (Phi) is 27.1. The van der Waals surface area contributed by atoms with Crippen molar-refractivity contribution in [2.24, 2.45) is 11.5 Å². The van der Waals surface area contributed by atoms with E-state index in [2.05, 4.69) is 53.8 Å². The summed E-state index contributed by atoms with van der Waals surface area (Å²) in [6.45, 7) is 25.7. The summed E-state index contributed by atoms with van der Waals surface area (Å²) >= 11 is 0. The number of anilines is 2. The van der Waals surface area contributed by atoms with Gasteiger partial charge in [0.15, 0.2) is 24.6 Å². The smallest absolute Gasteiger partial charge is 0.272 e. The highest BCUT2D eigenvalue weighted by Crippen LogP contribution is 2.49. The number of hydrogen-bond donors (Lipinski definition) is 5. The Hall–Kier alpha value is -8.10. The van der Waals surface area contributed by atoms with Crippen molar-refractivity contribution in [1.82, 2.24) is 19.2 Å². The van der Waals surface area contributed by atoms with Gasteiger partial charge in [-0.15, -0.1) is 0 Å². The molecule has 110 heavy (non-hydrogen) atoms.